The van der Waals surface area contributed by atoms with Crippen molar-refractivity contribution in [3.8, 4) is 0 Å². The fourth-order valence-corrected chi connectivity index (χ4v) is 9.57. The van der Waals surface area contributed by atoms with Gasteiger partial charge in [0.2, 0.25) is 17.6 Å². The van der Waals surface area contributed by atoms with Crippen LogP contribution in [0.4, 0.5) is 9.59 Å². The molecule has 58 heavy (non-hydrogen) atoms. The third-order valence-electron chi connectivity index (χ3n) is 11.8. The highest BCUT2D eigenvalue weighted by Gasteiger charge is 2.48. The van der Waals surface area contributed by atoms with Crippen molar-refractivity contribution < 1.29 is 41.9 Å². The first-order valence-corrected chi connectivity index (χ1v) is 22.6. The minimum atomic E-state index is -3.63. The summed E-state index contributed by atoms with van der Waals surface area (Å²) in [7, 11) is -3.63. The predicted molar refractivity (Wildman–Crippen MR) is 218 cm³/mol. The summed E-state index contributed by atoms with van der Waals surface area (Å²) in [5, 5.41) is 11.2. The van der Waals surface area contributed by atoms with Gasteiger partial charge in [0, 0.05) is 25.6 Å². The number of benzene rings is 1. The molecule has 4 atom stereocenters. The van der Waals surface area contributed by atoms with Gasteiger partial charge in [-0.05, 0) is 75.8 Å². The molecule has 0 bridgehead atoms. The van der Waals surface area contributed by atoms with E-state index >= 15 is 0 Å². The number of ether oxygens (including phenoxy) is 1. The van der Waals surface area contributed by atoms with E-state index in [1.165, 1.54) is 4.90 Å². The summed E-state index contributed by atoms with van der Waals surface area (Å²) in [5.41, 5.74) is 0.228. The maximum Gasteiger partial charge on any atom is 0.410 e. The molecule has 0 aromatic heterocycles. The van der Waals surface area contributed by atoms with Crippen molar-refractivity contribution in [1.29, 1.82) is 0 Å². The number of urea groups is 1. The van der Waals surface area contributed by atoms with Gasteiger partial charge in [0.15, 0.2) is 9.84 Å². The van der Waals surface area contributed by atoms with Gasteiger partial charge in [-0.25, -0.2) is 18.0 Å². The van der Waals surface area contributed by atoms with Gasteiger partial charge >= 0.3 is 12.1 Å². The minimum Gasteiger partial charge on any atom is -0.444 e. The van der Waals surface area contributed by atoms with Gasteiger partial charge in [0.1, 0.15) is 18.2 Å². The second-order valence-corrected chi connectivity index (χ2v) is 21.5. The molecule has 2 saturated carbocycles. The topological polar surface area (TPSA) is 200 Å². The molecule has 4 aliphatic rings. The largest absolute Gasteiger partial charge is 0.444 e. The molecule has 15 nitrogen and oxygen atoms in total. The Morgan fingerprint density at radius 1 is 0.931 bits per heavy atom. The van der Waals surface area contributed by atoms with Crippen LogP contribution in [0.25, 0.3) is 0 Å². The number of likely N-dealkylation sites (tertiary alicyclic amines) is 1. The van der Waals surface area contributed by atoms with Gasteiger partial charge in [-0.3, -0.25) is 19.2 Å². The molecule has 5 rings (SSSR count). The monoisotopic (exact) mass is 828 g/mol. The van der Waals surface area contributed by atoms with E-state index in [1.54, 1.807) is 46.4 Å². The molecule has 1 aromatic rings. The third-order valence-corrected chi connectivity index (χ3v) is 14.6. The summed E-state index contributed by atoms with van der Waals surface area (Å²) in [6.45, 7) is 12.6. The number of amides is 6. The van der Waals surface area contributed by atoms with Crippen LogP contribution in [0, 0.1) is 5.41 Å². The van der Waals surface area contributed by atoms with Crippen LogP contribution in [0.5, 0.6) is 0 Å². The SMILES string of the molecule is CCCC(NC(=O)[C@@H]1CC(OC(=O)N2CCc3ccccc3C2)CN1C(=O)[C@@H](NC(=O)NC1(CS(=O)(=O)C(C)(C)C)CCCCC1)C(C)(C)C)C(=O)C(=O)NC1CC1. The van der Waals surface area contributed by atoms with Crippen LogP contribution in [0.1, 0.15) is 124 Å². The Labute approximate surface area is 343 Å². The van der Waals surface area contributed by atoms with E-state index in [-0.39, 0.29) is 31.2 Å². The number of hydrogen-bond acceptors (Lipinski definition) is 9. The molecule has 4 N–H and O–H groups in total. The van der Waals surface area contributed by atoms with Crippen LogP contribution in [-0.4, -0.2) is 113 Å². The average molecular weight is 829 g/mol. The van der Waals surface area contributed by atoms with Crippen LogP contribution < -0.4 is 21.3 Å². The molecule has 2 unspecified atom stereocenters. The summed E-state index contributed by atoms with van der Waals surface area (Å²) in [5.74, 6) is -3.09. The first-order valence-electron chi connectivity index (χ1n) is 20.9. The molecule has 1 saturated heterocycles. The molecule has 1 aromatic carbocycles. The first-order chi connectivity index (χ1) is 27.1. The maximum absolute atomic E-state index is 14.8. The third kappa shape index (κ3) is 11.1. The van der Waals surface area contributed by atoms with Crippen molar-refractivity contribution in [1.82, 2.24) is 31.1 Å². The number of ketones is 1. The number of nitrogens with zero attached hydrogens (tertiary/aromatic N) is 2. The molecule has 2 aliphatic carbocycles. The zero-order chi connectivity index (χ0) is 42.6. The summed E-state index contributed by atoms with van der Waals surface area (Å²) >= 11 is 0. The Morgan fingerprint density at radius 3 is 2.19 bits per heavy atom. The highest BCUT2D eigenvalue weighted by atomic mass is 32.2. The standard InChI is InChI=1S/C42H64N6O9S/c1-8-14-31(33(49)36(51)43-29-17-18-29)44-35(50)32-23-30(57-39(54)47-22-19-27-15-10-11-16-28(27)24-47)25-48(32)37(52)34(40(2,3)4)45-38(53)46-42(20-12-9-13-21-42)26-58(55,56)41(5,6)7/h10-11,15-16,29-32,34H,8-9,12-14,17-26H2,1-7H3,(H,43,51)(H,44,50)(H2,45,46,53)/t30?,31?,32-,34+/m0/s1. The van der Waals surface area contributed by atoms with Crippen LogP contribution >= 0.6 is 0 Å². The van der Waals surface area contributed by atoms with Crippen LogP contribution in [0.3, 0.4) is 0 Å². The second-order valence-electron chi connectivity index (χ2n) is 18.8. The fraction of sp³-hybridized carbons (Fsp3) is 0.714. The number of carbonyl (C=O) groups excluding carboxylic acids is 6. The normalized spacial score (nSPS) is 21.8. The highest BCUT2D eigenvalue weighted by molar-refractivity contribution is 7.92. The molecule has 3 fully saturated rings. The maximum atomic E-state index is 14.8. The molecule has 0 spiro atoms. The van der Waals surface area contributed by atoms with Gasteiger partial charge < -0.3 is 35.8 Å². The fourth-order valence-electron chi connectivity index (χ4n) is 8.05. The number of nitrogens with one attached hydrogen (secondary N) is 4. The number of sulfone groups is 1. The van der Waals surface area contributed by atoms with Gasteiger partial charge in [0.05, 0.1) is 28.6 Å². The van der Waals surface area contributed by atoms with Crippen LogP contribution in [0.2, 0.25) is 0 Å². The number of rotatable bonds is 13. The van der Waals surface area contributed by atoms with Crippen molar-refractivity contribution in [3.63, 3.8) is 0 Å². The molecular formula is C42H64N6O9S. The Morgan fingerprint density at radius 2 is 1.59 bits per heavy atom. The summed E-state index contributed by atoms with van der Waals surface area (Å²) in [4.78, 5) is 85.3. The van der Waals surface area contributed by atoms with Crippen molar-refractivity contribution in [2.75, 3.05) is 18.8 Å². The molecule has 322 valence electrons. The van der Waals surface area contributed by atoms with E-state index in [4.69, 9.17) is 4.74 Å². The van der Waals surface area contributed by atoms with E-state index in [9.17, 15) is 37.2 Å². The second kappa shape index (κ2) is 18.0. The van der Waals surface area contributed by atoms with Gasteiger partial charge in [-0.2, -0.15) is 0 Å². The zero-order valence-corrected chi connectivity index (χ0v) is 36.1. The quantitative estimate of drug-likeness (QED) is 0.213. The lowest BCUT2D eigenvalue weighted by molar-refractivity contribution is -0.144. The number of hydrogen-bond donors (Lipinski definition) is 4. The first kappa shape index (κ1) is 44.9. The van der Waals surface area contributed by atoms with Gasteiger partial charge in [0.25, 0.3) is 5.91 Å². The highest BCUT2D eigenvalue weighted by Crippen LogP contribution is 2.33. The van der Waals surface area contributed by atoms with E-state index in [2.05, 4.69) is 21.3 Å². The summed E-state index contributed by atoms with van der Waals surface area (Å²) < 4.78 is 31.8. The van der Waals surface area contributed by atoms with Crippen molar-refractivity contribution in [2.24, 2.45) is 5.41 Å². The number of fused-ring (bicyclic) bond motifs is 1. The van der Waals surface area contributed by atoms with E-state index in [0.717, 1.165) is 43.2 Å². The Kier molecular flexibility index (Phi) is 13.9. The lowest BCUT2D eigenvalue weighted by atomic mass is 9.83. The van der Waals surface area contributed by atoms with E-state index in [0.29, 0.717) is 38.8 Å². The van der Waals surface area contributed by atoms with Crippen LogP contribution in [-0.2, 0) is 46.7 Å². The summed E-state index contributed by atoms with van der Waals surface area (Å²) in [6.07, 6.45) is 4.64. The van der Waals surface area contributed by atoms with E-state index in [1.807, 2.05) is 31.2 Å². The Balaban J connectivity index is 1.37. The van der Waals surface area contributed by atoms with Crippen LogP contribution in [0.15, 0.2) is 24.3 Å². The Hall–Kier alpha value is -4.21. The lowest BCUT2D eigenvalue weighted by Gasteiger charge is -2.41. The zero-order valence-electron chi connectivity index (χ0n) is 35.3. The Bertz CT molecular complexity index is 1830. The molecule has 16 heteroatoms. The number of Topliss-reactive ketones (excluding diaryl/α,β-unsaturated/α-hetero) is 1. The summed E-state index contributed by atoms with van der Waals surface area (Å²) in [6, 6.07) is 3.54. The molecule has 0 radical (unpaired) electrons. The smallest absolute Gasteiger partial charge is 0.410 e. The van der Waals surface area contributed by atoms with Crippen molar-refractivity contribution in [2.45, 2.75) is 166 Å². The molecule has 2 aliphatic heterocycles. The predicted octanol–water partition coefficient (Wildman–Crippen LogP) is 3.91. The van der Waals surface area contributed by atoms with Gasteiger partial charge in [-0.15, -0.1) is 0 Å². The van der Waals surface area contributed by atoms with Crippen molar-refractivity contribution in [3.05, 3.63) is 35.4 Å². The lowest BCUT2D eigenvalue weighted by Crippen LogP contribution is -2.63. The molecular weight excluding hydrogens is 765 g/mol. The molecule has 6 amide bonds. The number of carbonyl (C=O) groups is 6. The van der Waals surface area contributed by atoms with Gasteiger partial charge in [-0.1, -0.05) is 77.6 Å². The molecule has 2 heterocycles. The van der Waals surface area contributed by atoms with Crippen molar-refractivity contribution >= 4 is 45.5 Å². The minimum absolute atomic E-state index is 0.0592. The van der Waals surface area contributed by atoms with E-state index < -0.39 is 85.4 Å². The average Bonchev–Trinajstić information content (AvgIpc) is 3.87.